The van der Waals surface area contributed by atoms with Gasteiger partial charge in [-0.05, 0) is 50.1 Å². The summed E-state index contributed by atoms with van der Waals surface area (Å²) in [5, 5.41) is 6.54. The van der Waals surface area contributed by atoms with Crippen molar-refractivity contribution in [1.29, 1.82) is 0 Å². The molecule has 2 aromatic carbocycles. The van der Waals surface area contributed by atoms with Crippen molar-refractivity contribution in [3.63, 3.8) is 0 Å². The SMILES string of the molecule is CCNC(=NCc1cccc(S(=O)(=O)NC)c1)NCCCc1ccccc1.I. The Morgan fingerprint density at radius 2 is 1.71 bits per heavy atom. The molecule has 0 aromatic heterocycles. The monoisotopic (exact) mass is 516 g/mol. The lowest BCUT2D eigenvalue weighted by Gasteiger charge is -2.11. The van der Waals surface area contributed by atoms with Crippen LogP contribution in [0.2, 0.25) is 0 Å². The van der Waals surface area contributed by atoms with E-state index >= 15 is 0 Å². The highest BCUT2D eigenvalue weighted by atomic mass is 127. The normalized spacial score (nSPS) is 11.6. The van der Waals surface area contributed by atoms with Crippen molar-refractivity contribution in [1.82, 2.24) is 15.4 Å². The lowest BCUT2D eigenvalue weighted by molar-refractivity contribution is 0.588. The van der Waals surface area contributed by atoms with Gasteiger partial charge in [-0.1, -0.05) is 42.5 Å². The van der Waals surface area contributed by atoms with Crippen LogP contribution in [0, 0.1) is 0 Å². The molecule has 0 saturated heterocycles. The lowest BCUT2D eigenvalue weighted by atomic mass is 10.1. The van der Waals surface area contributed by atoms with Crippen LogP contribution < -0.4 is 15.4 Å². The second-order valence-electron chi connectivity index (χ2n) is 6.07. The van der Waals surface area contributed by atoms with Crippen molar-refractivity contribution in [3.05, 3.63) is 65.7 Å². The Hall–Kier alpha value is -1.65. The molecule has 0 unspecified atom stereocenters. The number of guanidine groups is 1. The van der Waals surface area contributed by atoms with Crippen molar-refractivity contribution in [2.45, 2.75) is 31.2 Å². The standard InChI is InChI=1S/C20H28N4O2S.HI/c1-3-22-20(23-14-8-12-17-9-5-4-6-10-17)24-16-18-11-7-13-19(15-18)27(25,26)21-2;/h4-7,9-11,13,15,21H,3,8,12,14,16H2,1-2H3,(H2,22,23,24);1H. The van der Waals surface area contributed by atoms with E-state index in [1.165, 1.54) is 12.6 Å². The van der Waals surface area contributed by atoms with Crippen LogP contribution in [0.3, 0.4) is 0 Å². The number of aliphatic imine (C=N–C) groups is 1. The van der Waals surface area contributed by atoms with Gasteiger partial charge in [0.25, 0.3) is 0 Å². The summed E-state index contributed by atoms with van der Waals surface area (Å²) in [6.45, 7) is 4.00. The molecule has 3 N–H and O–H groups in total. The van der Waals surface area contributed by atoms with Crippen LogP contribution in [0.1, 0.15) is 24.5 Å². The summed E-state index contributed by atoms with van der Waals surface area (Å²) in [6.07, 6.45) is 2.02. The van der Waals surface area contributed by atoms with Gasteiger partial charge < -0.3 is 10.6 Å². The molecule has 0 aliphatic heterocycles. The van der Waals surface area contributed by atoms with Crippen LogP contribution in [0.4, 0.5) is 0 Å². The summed E-state index contributed by atoms with van der Waals surface area (Å²) in [7, 11) is -2.04. The highest BCUT2D eigenvalue weighted by molar-refractivity contribution is 14.0. The van der Waals surface area contributed by atoms with Gasteiger partial charge in [0.05, 0.1) is 11.4 Å². The van der Waals surface area contributed by atoms with Crippen LogP contribution >= 0.6 is 24.0 Å². The third kappa shape index (κ3) is 8.15. The van der Waals surface area contributed by atoms with E-state index in [1.54, 1.807) is 18.2 Å². The molecule has 0 bridgehead atoms. The Morgan fingerprint density at radius 1 is 1.00 bits per heavy atom. The first-order chi connectivity index (χ1) is 13.0. The molecule has 0 aliphatic carbocycles. The molecule has 0 saturated carbocycles. The fourth-order valence-corrected chi connectivity index (χ4v) is 3.38. The van der Waals surface area contributed by atoms with E-state index in [1.807, 2.05) is 19.1 Å². The van der Waals surface area contributed by atoms with Crippen molar-refractivity contribution in [3.8, 4) is 0 Å². The Kier molecular flexibility index (Phi) is 11.1. The van der Waals surface area contributed by atoms with Gasteiger partial charge in [0.15, 0.2) is 5.96 Å². The van der Waals surface area contributed by atoms with E-state index in [0.717, 1.165) is 37.5 Å². The lowest BCUT2D eigenvalue weighted by Crippen LogP contribution is -2.37. The number of rotatable bonds is 9. The first-order valence-electron chi connectivity index (χ1n) is 9.13. The van der Waals surface area contributed by atoms with Gasteiger partial charge in [0.1, 0.15) is 0 Å². The van der Waals surface area contributed by atoms with E-state index in [2.05, 4.69) is 44.6 Å². The molecule has 0 radical (unpaired) electrons. The van der Waals surface area contributed by atoms with Crippen molar-refractivity contribution in [2.75, 3.05) is 20.1 Å². The minimum atomic E-state index is -3.44. The third-order valence-corrected chi connectivity index (χ3v) is 5.43. The fraction of sp³-hybridized carbons (Fsp3) is 0.350. The smallest absolute Gasteiger partial charge is 0.240 e. The molecule has 0 amide bonds. The molecule has 2 aromatic rings. The Labute approximate surface area is 185 Å². The van der Waals surface area contributed by atoms with Gasteiger partial charge in [-0.25, -0.2) is 18.1 Å². The zero-order valence-electron chi connectivity index (χ0n) is 16.3. The van der Waals surface area contributed by atoms with E-state index in [9.17, 15) is 8.42 Å². The summed E-state index contributed by atoms with van der Waals surface area (Å²) in [5.74, 6) is 0.729. The summed E-state index contributed by atoms with van der Waals surface area (Å²) >= 11 is 0. The second-order valence-corrected chi connectivity index (χ2v) is 7.95. The minimum absolute atomic E-state index is 0. The first-order valence-corrected chi connectivity index (χ1v) is 10.6. The van der Waals surface area contributed by atoms with Crippen LogP contribution in [0.5, 0.6) is 0 Å². The quantitative estimate of drug-likeness (QED) is 0.207. The van der Waals surface area contributed by atoms with Crippen LogP contribution in [0.25, 0.3) is 0 Å². The molecule has 0 atom stereocenters. The number of hydrogen-bond donors (Lipinski definition) is 3. The Balaban J connectivity index is 0.00000392. The topological polar surface area (TPSA) is 82.6 Å². The van der Waals surface area contributed by atoms with Crippen LogP contribution in [-0.4, -0.2) is 34.5 Å². The van der Waals surface area contributed by atoms with Crippen molar-refractivity contribution in [2.24, 2.45) is 4.99 Å². The predicted molar refractivity (Wildman–Crippen MR) is 126 cm³/mol. The number of halogens is 1. The zero-order valence-corrected chi connectivity index (χ0v) is 19.5. The second kappa shape index (κ2) is 12.7. The number of benzene rings is 2. The van der Waals surface area contributed by atoms with Crippen LogP contribution in [-0.2, 0) is 23.0 Å². The summed E-state index contributed by atoms with van der Waals surface area (Å²) in [4.78, 5) is 4.81. The van der Waals surface area contributed by atoms with Gasteiger partial charge in [-0.15, -0.1) is 24.0 Å². The zero-order chi connectivity index (χ0) is 19.5. The average Bonchev–Trinajstić information content (AvgIpc) is 2.70. The maximum atomic E-state index is 11.9. The highest BCUT2D eigenvalue weighted by Crippen LogP contribution is 2.12. The molecular weight excluding hydrogens is 487 g/mol. The number of nitrogens with zero attached hydrogens (tertiary/aromatic N) is 1. The summed E-state index contributed by atoms with van der Waals surface area (Å²) in [6, 6.07) is 17.2. The third-order valence-electron chi connectivity index (χ3n) is 4.02. The molecule has 6 nitrogen and oxygen atoms in total. The number of aryl methyl sites for hydroxylation is 1. The highest BCUT2D eigenvalue weighted by Gasteiger charge is 2.11. The Morgan fingerprint density at radius 3 is 2.39 bits per heavy atom. The van der Waals surface area contributed by atoms with Gasteiger partial charge >= 0.3 is 0 Å². The van der Waals surface area contributed by atoms with Crippen LogP contribution in [0.15, 0.2) is 64.5 Å². The molecule has 2 rings (SSSR count). The van der Waals surface area contributed by atoms with Gasteiger partial charge in [-0.3, -0.25) is 0 Å². The predicted octanol–water partition coefficient (Wildman–Crippen LogP) is 2.90. The first kappa shape index (κ1) is 24.4. The summed E-state index contributed by atoms with van der Waals surface area (Å²) < 4.78 is 26.2. The molecule has 0 spiro atoms. The van der Waals surface area contributed by atoms with E-state index < -0.39 is 10.0 Å². The van der Waals surface area contributed by atoms with E-state index in [4.69, 9.17) is 0 Å². The molecular formula is C20H29IN4O2S. The van der Waals surface area contributed by atoms with Gasteiger partial charge in [0, 0.05) is 13.1 Å². The van der Waals surface area contributed by atoms with Crippen molar-refractivity contribution < 1.29 is 8.42 Å². The molecule has 8 heteroatoms. The number of nitrogens with one attached hydrogen (secondary N) is 3. The molecule has 0 aliphatic rings. The maximum Gasteiger partial charge on any atom is 0.240 e. The Bertz CT molecular complexity index is 842. The fourth-order valence-electron chi connectivity index (χ4n) is 2.58. The number of sulfonamides is 1. The van der Waals surface area contributed by atoms with E-state index in [0.29, 0.717) is 6.54 Å². The molecule has 154 valence electrons. The molecule has 0 heterocycles. The van der Waals surface area contributed by atoms with Gasteiger partial charge in [-0.2, -0.15) is 0 Å². The molecule has 0 fully saturated rings. The molecule has 28 heavy (non-hydrogen) atoms. The number of hydrogen-bond acceptors (Lipinski definition) is 3. The van der Waals surface area contributed by atoms with Gasteiger partial charge in [0.2, 0.25) is 10.0 Å². The van der Waals surface area contributed by atoms with E-state index in [-0.39, 0.29) is 28.9 Å². The minimum Gasteiger partial charge on any atom is -0.357 e. The maximum absolute atomic E-state index is 11.9. The van der Waals surface area contributed by atoms with Crippen molar-refractivity contribution >= 4 is 40.0 Å². The average molecular weight is 516 g/mol. The summed E-state index contributed by atoms with van der Waals surface area (Å²) in [5.41, 5.74) is 2.16. The largest absolute Gasteiger partial charge is 0.357 e.